The first-order valence-electron chi connectivity index (χ1n) is 8.14. The van der Waals surface area contributed by atoms with Gasteiger partial charge in [-0.1, -0.05) is 12.1 Å². The molecule has 1 N–H and O–H groups in total. The molecule has 1 amide bonds. The number of carbonyl (C=O) groups is 1. The van der Waals surface area contributed by atoms with Crippen LogP contribution in [0.15, 0.2) is 24.3 Å². The second-order valence-electron chi connectivity index (χ2n) is 6.35. The van der Waals surface area contributed by atoms with E-state index in [2.05, 4.69) is 25.1 Å². The van der Waals surface area contributed by atoms with Crippen LogP contribution < -0.4 is 0 Å². The van der Waals surface area contributed by atoms with Crippen LogP contribution in [0.2, 0.25) is 0 Å². The Morgan fingerprint density at radius 2 is 2.17 bits per heavy atom. The number of hydrogen-bond acceptors (Lipinski definition) is 4. The van der Waals surface area contributed by atoms with Crippen LogP contribution in [-0.4, -0.2) is 60.6 Å². The zero-order chi connectivity index (χ0) is 16.8. The standard InChI is InChI=1S/C18H25N3O2/c1-20(2)17-9-10-21(13-15(17)7-5-11-22)18(23)16-8-4-3-6-14(16)12-19/h3-4,6,8,15,17,22H,5,7,9-11,13H2,1-2H3. The minimum atomic E-state index is -0.0617. The summed E-state index contributed by atoms with van der Waals surface area (Å²) in [6.07, 6.45) is 2.58. The molecule has 0 aromatic heterocycles. The molecule has 0 aliphatic carbocycles. The van der Waals surface area contributed by atoms with Gasteiger partial charge in [-0.25, -0.2) is 0 Å². The molecule has 1 aliphatic heterocycles. The normalized spacial score (nSPS) is 21.3. The SMILES string of the molecule is CN(C)C1CCN(C(=O)c2ccccc2C#N)CC1CCCO. The minimum Gasteiger partial charge on any atom is -0.396 e. The Bertz CT molecular complexity index is 580. The monoisotopic (exact) mass is 315 g/mol. The van der Waals surface area contributed by atoms with E-state index in [1.807, 2.05) is 4.90 Å². The smallest absolute Gasteiger partial charge is 0.255 e. The van der Waals surface area contributed by atoms with E-state index in [-0.39, 0.29) is 12.5 Å². The highest BCUT2D eigenvalue weighted by atomic mass is 16.2. The molecule has 23 heavy (non-hydrogen) atoms. The highest BCUT2D eigenvalue weighted by Crippen LogP contribution is 2.26. The molecule has 1 heterocycles. The maximum absolute atomic E-state index is 12.8. The van der Waals surface area contributed by atoms with Crippen molar-refractivity contribution in [2.75, 3.05) is 33.8 Å². The number of aliphatic hydroxyl groups is 1. The summed E-state index contributed by atoms with van der Waals surface area (Å²) in [7, 11) is 4.14. The van der Waals surface area contributed by atoms with Crippen molar-refractivity contribution in [2.24, 2.45) is 5.92 Å². The summed E-state index contributed by atoms with van der Waals surface area (Å²) in [5.74, 6) is 0.289. The Kier molecular flexibility index (Phi) is 6.14. The van der Waals surface area contributed by atoms with Gasteiger partial charge >= 0.3 is 0 Å². The van der Waals surface area contributed by atoms with Crippen LogP contribution in [0.5, 0.6) is 0 Å². The number of piperidine rings is 1. The van der Waals surface area contributed by atoms with Gasteiger partial charge in [-0.2, -0.15) is 5.26 Å². The van der Waals surface area contributed by atoms with Gasteiger partial charge in [0.25, 0.3) is 5.91 Å². The number of benzene rings is 1. The molecule has 1 saturated heterocycles. The number of nitrogens with zero attached hydrogens (tertiary/aromatic N) is 3. The Morgan fingerprint density at radius 1 is 1.43 bits per heavy atom. The highest BCUT2D eigenvalue weighted by molar-refractivity contribution is 5.96. The van der Waals surface area contributed by atoms with Crippen molar-refractivity contribution in [1.82, 2.24) is 9.80 Å². The van der Waals surface area contributed by atoms with Gasteiger partial charge in [0.2, 0.25) is 0 Å². The lowest BCUT2D eigenvalue weighted by atomic mass is 9.87. The van der Waals surface area contributed by atoms with Crippen molar-refractivity contribution < 1.29 is 9.90 Å². The quantitative estimate of drug-likeness (QED) is 0.898. The van der Waals surface area contributed by atoms with Gasteiger partial charge < -0.3 is 14.9 Å². The molecule has 5 nitrogen and oxygen atoms in total. The lowest BCUT2D eigenvalue weighted by Gasteiger charge is -2.41. The summed E-state index contributed by atoms with van der Waals surface area (Å²) in [6.45, 7) is 1.57. The number of rotatable bonds is 5. The van der Waals surface area contributed by atoms with Crippen LogP contribution >= 0.6 is 0 Å². The van der Waals surface area contributed by atoms with E-state index in [1.54, 1.807) is 24.3 Å². The predicted octanol–water partition coefficient (Wildman–Crippen LogP) is 1.72. The molecule has 2 atom stereocenters. The van der Waals surface area contributed by atoms with Gasteiger partial charge in [0.1, 0.15) is 0 Å². The molecule has 1 aliphatic rings. The van der Waals surface area contributed by atoms with E-state index in [4.69, 9.17) is 5.11 Å². The highest BCUT2D eigenvalue weighted by Gasteiger charge is 2.33. The van der Waals surface area contributed by atoms with Crippen LogP contribution in [0.25, 0.3) is 0 Å². The molecular formula is C18H25N3O2. The van der Waals surface area contributed by atoms with Crippen LogP contribution in [0, 0.1) is 17.2 Å². The van der Waals surface area contributed by atoms with E-state index in [0.29, 0.717) is 36.2 Å². The molecular weight excluding hydrogens is 290 g/mol. The maximum atomic E-state index is 12.8. The number of carbonyl (C=O) groups excluding carboxylic acids is 1. The molecule has 2 rings (SSSR count). The average molecular weight is 315 g/mol. The maximum Gasteiger partial charge on any atom is 0.255 e. The fraction of sp³-hybridized carbons (Fsp3) is 0.556. The minimum absolute atomic E-state index is 0.0617. The fourth-order valence-electron chi connectivity index (χ4n) is 3.46. The lowest BCUT2D eigenvalue weighted by Crippen LogP contribution is -2.50. The van der Waals surface area contributed by atoms with Crippen molar-refractivity contribution in [1.29, 1.82) is 5.26 Å². The molecule has 0 radical (unpaired) electrons. The zero-order valence-electron chi connectivity index (χ0n) is 13.9. The fourth-order valence-corrected chi connectivity index (χ4v) is 3.46. The molecule has 1 fully saturated rings. The Labute approximate surface area is 138 Å². The van der Waals surface area contributed by atoms with Gasteiger partial charge in [-0.15, -0.1) is 0 Å². The van der Waals surface area contributed by atoms with Crippen molar-refractivity contribution >= 4 is 5.91 Å². The third kappa shape index (κ3) is 4.10. The third-order valence-electron chi connectivity index (χ3n) is 4.66. The third-order valence-corrected chi connectivity index (χ3v) is 4.66. The number of amides is 1. The largest absolute Gasteiger partial charge is 0.396 e. The van der Waals surface area contributed by atoms with Crippen molar-refractivity contribution in [3.63, 3.8) is 0 Å². The van der Waals surface area contributed by atoms with E-state index >= 15 is 0 Å². The van der Waals surface area contributed by atoms with E-state index in [9.17, 15) is 10.1 Å². The summed E-state index contributed by atoms with van der Waals surface area (Å²) in [5, 5.41) is 18.3. The van der Waals surface area contributed by atoms with Gasteiger partial charge in [-0.3, -0.25) is 4.79 Å². The summed E-state index contributed by atoms with van der Waals surface area (Å²) in [6, 6.07) is 9.51. The predicted molar refractivity (Wildman–Crippen MR) is 89.0 cm³/mol. The number of aliphatic hydroxyl groups excluding tert-OH is 1. The van der Waals surface area contributed by atoms with Gasteiger partial charge in [0, 0.05) is 25.7 Å². The molecule has 0 bridgehead atoms. The summed E-state index contributed by atoms with van der Waals surface area (Å²) >= 11 is 0. The van der Waals surface area contributed by atoms with Crippen LogP contribution in [0.4, 0.5) is 0 Å². The average Bonchev–Trinajstić information content (AvgIpc) is 2.58. The van der Waals surface area contributed by atoms with E-state index in [1.165, 1.54) is 0 Å². The molecule has 0 spiro atoms. The summed E-state index contributed by atoms with van der Waals surface area (Å²) < 4.78 is 0. The molecule has 1 aromatic carbocycles. The Hall–Kier alpha value is -1.90. The number of hydrogen-bond donors (Lipinski definition) is 1. The van der Waals surface area contributed by atoms with Gasteiger partial charge in [0.05, 0.1) is 17.2 Å². The van der Waals surface area contributed by atoms with Crippen molar-refractivity contribution in [3.05, 3.63) is 35.4 Å². The first-order valence-corrected chi connectivity index (χ1v) is 8.14. The van der Waals surface area contributed by atoms with Gasteiger partial charge in [0.15, 0.2) is 0 Å². The molecule has 124 valence electrons. The number of nitriles is 1. The van der Waals surface area contributed by atoms with Crippen molar-refractivity contribution in [2.45, 2.75) is 25.3 Å². The Morgan fingerprint density at radius 3 is 2.83 bits per heavy atom. The topological polar surface area (TPSA) is 67.6 Å². The van der Waals surface area contributed by atoms with E-state index < -0.39 is 0 Å². The van der Waals surface area contributed by atoms with E-state index in [0.717, 1.165) is 19.3 Å². The molecule has 5 heteroatoms. The van der Waals surface area contributed by atoms with Gasteiger partial charge in [-0.05, 0) is 51.4 Å². The summed E-state index contributed by atoms with van der Waals surface area (Å²) in [4.78, 5) is 16.9. The van der Waals surface area contributed by atoms with Crippen molar-refractivity contribution in [3.8, 4) is 6.07 Å². The number of likely N-dealkylation sites (tertiary alicyclic amines) is 1. The van der Waals surface area contributed by atoms with Crippen LogP contribution in [-0.2, 0) is 0 Å². The second-order valence-corrected chi connectivity index (χ2v) is 6.35. The zero-order valence-corrected chi connectivity index (χ0v) is 13.9. The Balaban J connectivity index is 2.14. The first-order chi connectivity index (χ1) is 11.1. The first kappa shape index (κ1) is 17.5. The second kappa shape index (κ2) is 8.09. The van der Waals surface area contributed by atoms with Crippen LogP contribution in [0.3, 0.4) is 0 Å². The molecule has 2 unspecified atom stereocenters. The summed E-state index contributed by atoms with van der Waals surface area (Å²) in [5.41, 5.74) is 0.915. The molecule has 0 saturated carbocycles. The lowest BCUT2D eigenvalue weighted by molar-refractivity contribution is 0.0495. The molecule has 1 aromatic rings. The van der Waals surface area contributed by atoms with Crippen LogP contribution in [0.1, 0.15) is 35.2 Å².